The monoisotopic (exact) mass is 378 g/mol. The molecule has 2 heterocycles. The molecule has 0 aliphatic rings. The van der Waals surface area contributed by atoms with Crippen molar-refractivity contribution in [3.05, 3.63) is 60.3 Å². The molecule has 0 bridgehead atoms. The lowest BCUT2D eigenvalue weighted by Crippen LogP contribution is -2.44. The molecule has 3 aromatic rings. The molecule has 8 nitrogen and oxygen atoms in total. The first-order valence-corrected chi connectivity index (χ1v) is 9.01. The van der Waals surface area contributed by atoms with Gasteiger partial charge in [-0.25, -0.2) is 4.98 Å². The predicted molar refractivity (Wildman–Crippen MR) is 105 cm³/mol. The highest BCUT2D eigenvalue weighted by Crippen LogP contribution is 2.23. The fourth-order valence-corrected chi connectivity index (χ4v) is 2.79. The molecule has 28 heavy (non-hydrogen) atoms. The first-order chi connectivity index (χ1) is 13.5. The van der Waals surface area contributed by atoms with Crippen LogP contribution in [0.25, 0.3) is 16.9 Å². The zero-order chi connectivity index (χ0) is 20.1. The Morgan fingerprint density at radius 3 is 2.36 bits per heavy atom. The normalized spacial score (nSPS) is 11.7. The number of amides is 2. The number of carbonyl (C=O) groups excluding carboxylic acids is 2. The number of nitrogens with zero attached hydrogens (tertiary/aromatic N) is 4. The second-order valence-electron chi connectivity index (χ2n) is 6.34. The number of pyridine rings is 1. The van der Waals surface area contributed by atoms with Gasteiger partial charge in [0.05, 0.1) is 0 Å². The quantitative estimate of drug-likeness (QED) is 0.682. The number of hydrogen-bond acceptors (Lipinski definition) is 5. The lowest BCUT2D eigenvalue weighted by atomic mass is 10.0. The van der Waals surface area contributed by atoms with Crippen LogP contribution in [-0.4, -0.2) is 44.1 Å². The molecule has 144 valence electrons. The second kappa shape index (κ2) is 8.43. The number of aromatic nitrogens is 4. The summed E-state index contributed by atoms with van der Waals surface area (Å²) in [5.41, 5.74) is 3.27. The number of hydrogen-bond donors (Lipinski definition) is 2. The van der Waals surface area contributed by atoms with Crippen LogP contribution in [-0.2, 0) is 4.79 Å². The largest absolute Gasteiger partial charge is 0.355 e. The Balaban J connectivity index is 1.74. The molecular formula is C20H22N6O2. The third-order valence-corrected chi connectivity index (χ3v) is 4.30. The lowest BCUT2D eigenvalue weighted by molar-refractivity contribution is -0.122. The summed E-state index contributed by atoms with van der Waals surface area (Å²) < 4.78 is 1.74. The number of carbonyl (C=O) groups is 2. The average molecular weight is 378 g/mol. The maximum absolute atomic E-state index is 12.3. The molecule has 0 spiro atoms. The van der Waals surface area contributed by atoms with Crippen LogP contribution in [0.1, 0.15) is 29.9 Å². The number of nitrogens with one attached hydrogen (secondary N) is 2. The molecule has 0 saturated heterocycles. The van der Waals surface area contributed by atoms with Crippen LogP contribution in [0.3, 0.4) is 0 Å². The number of benzene rings is 1. The molecule has 0 unspecified atom stereocenters. The Bertz CT molecular complexity index is 967. The van der Waals surface area contributed by atoms with E-state index in [2.05, 4.69) is 25.8 Å². The maximum Gasteiger partial charge on any atom is 0.251 e. The highest BCUT2D eigenvalue weighted by Gasteiger charge is 2.16. The van der Waals surface area contributed by atoms with Crippen molar-refractivity contribution in [3.8, 4) is 16.9 Å². The minimum atomic E-state index is -0.594. The van der Waals surface area contributed by atoms with Crippen LogP contribution in [0.5, 0.6) is 0 Å². The van der Waals surface area contributed by atoms with E-state index in [0.717, 1.165) is 22.6 Å². The summed E-state index contributed by atoms with van der Waals surface area (Å²) in [6.07, 6.45) is 3.19. The van der Waals surface area contributed by atoms with E-state index in [1.807, 2.05) is 38.1 Å². The third kappa shape index (κ3) is 4.22. The SMILES string of the molecule is CCNC(=O)[C@H](C)NC(=O)c1ccc(-c2ccc(-n3cnnc3)nc2C)cc1. The van der Waals surface area contributed by atoms with E-state index < -0.39 is 6.04 Å². The van der Waals surface area contributed by atoms with Crippen LogP contribution < -0.4 is 10.6 Å². The summed E-state index contributed by atoms with van der Waals surface area (Å²) >= 11 is 0. The van der Waals surface area contributed by atoms with Crippen LogP contribution in [0, 0.1) is 6.92 Å². The smallest absolute Gasteiger partial charge is 0.251 e. The highest BCUT2D eigenvalue weighted by atomic mass is 16.2. The van der Waals surface area contributed by atoms with Crippen LogP contribution in [0.2, 0.25) is 0 Å². The van der Waals surface area contributed by atoms with Gasteiger partial charge in [0, 0.05) is 23.4 Å². The lowest BCUT2D eigenvalue weighted by Gasteiger charge is -2.13. The second-order valence-corrected chi connectivity index (χ2v) is 6.34. The molecule has 0 aliphatic carbocycles. The van der Waals surface area contributed by atoms with E-state index in [-0.39, 0.29) is 11.8 Å². The molecular weight excluding hydrogens is 356 g/mol. The molecule has 2 aromatic heterocycles. The first kappa shape index (κ1) is 19.2. The van der Waals surface area contributed by atoms with Crippen molar-refractivity contribution >= 4 is 11.8 Å². The number of rotatable bonds is 6. The minimum Gasteiger partial charge on any atom is -0.355 e. The van der Waals surface area contributed by atoms with Gasteiger partial charge in [0.2, 0.25) is 5.91 Å². The van der Waals surface area contributed by atoms with Gasteiger partial charge in [-0.1, -0.05) is 12.1 Å². The Kier molecular flexibility index (Phi) is 5.78. The molecule has 0 fully saturated rings. The topological polar surface area (TPSA) is 102 Å². The maximum atomic E-state index is 12.3. The van der Waals surface area contributed by atoms with Gasteiger partial charge >= 0.3 is 0 Å². The van der Waals surface area contributed by atoms with E-state index >= 15 is 0 Å². The van der Waals surface area contributed by atoms with Crippen molar-refractivity contribution < 1.29 is 9.59 Å². The summed E-state index contributed by atoms with van der Waals surface area (Å²) in [6, 6.07) is 10.5. The molecule has 1 atom stereocenters. The van der Waals surface area contributed by atoms with Gasteiger partial charge in [-0.15, -0.1) is 10.2 Å². The van der Waals surface area contributed by atoms with Gasteiger partial charge < -0.3 is 10.6 Å². The first-order valence-electron chi connectivity index (χ1n) is 9.01. The third-order valence-electron chi connectivity index (χ3n) is 4.30. The molecule has 8 heteroatoms. The van der Waals surface area contributed by atoms with Gasteiger partial charge in [-0.05, 0) is 50.6 Å². The molecule has 0 saturated carbocycles. The van der Waals surface area contributed by atoms with Gasteiger partial charge in [0.15, 0.2) is 0 Å². The molecule has 2 amide bonds. The Labute approximate surface area is 163 Å². The van der Waals surface area contributed by atoms with Gasteiger partial charge in [-0.2, -0.15) is 0 Å². The summed E-state index contributed by atoms with van der Waals surface area (Å²) in [4.78, 5) is 28.7. The van der Waals surface area contributed by atoms with Gasteiger partial charge in [0.25, 0.3) is 5.91 Å². The van der Waals surface area contributed by atoms with Crippen LogP contribution in [0.15, 0.2) is 49.1 Å². The van der Waals surface area contributed by atoms with Crippen molar-refractivity contribution in [1.82, 2.24) is 30.4 Å². The molecule has 1 aromatic carbocycles. The van der Waals surface area contributed by atoms with Gasteiger partial charge in [0.1, 0.15) is 24.5 Å². The zero-order valence-corrected chi connectivity index (χ0v) is 16.0. The fraction of sp³-hybridized carbons (Fsp3) is 0.250. The van der Waals surface area contributed by atoms with E-state index in [4.69, 9.17) is 0 Å². The molecule has 3 rings (SSSR count). The number of aryl methyl sites for hydroxylation is 1. The summed E-state index contributed by atoms with van der Waals surface area (Å²) in [5.74, 6) is 0.243. The Morgan fingerprint density at radius 2 is 1.75 bits per heavy atom. The summed E-state index contributed by atoms with van der Waals surface area (Å²) in [5, 5.41) is 13.0. The average Bonchev–Trinajstić information content (AvgIpc) is 3.23. The standard InChI is InChI=1S/C20H22N6O2/c1-4-21-19(27)14(3)25-20(28)16-7-5-15(6-8-16)17-9-10-18(24-13(17)2)26-11-22-23-12-26/h5-12,14H,4H2,1-3H3,(H,21,27)(H,25,28)/t14-/m0/s1. The van der Waals surface area contributed by atoms with Crippen molar-refractivity contribution in [2.75, 3.05) is 6.54 Å². The van der Waals surface area contributed by atoms with Crippen molar-refractivity contribution in [1.29, 1.82) is 0 Å². The van der Waals surface area contributed by atoms with Crippen molar-refractivity contribution in [2.24, 2.45) is 0 Å². The minimum absolute atomic E-state index is 0.206. The summed E-state index contributed by atoms with van der Waals surface area (Å²) in [7, 11) is 0. The molecule has 0 radical (unpaired) electrons. The van der Waals surface area contributed by atoms with Crippen molar-refractivity contribution in [2.45, 2.75) is 26.8 Å². The van der Waals surface area contributed by atoms with Gasteiger partial charge in [-0.3, -0.25) is 14.2 Å². The predicted octanol–water partition coefficient (Wildman–Crippen LogP) is 1.89. The van der Waals surface area contributed by atoms with Crippen LogP contribution >= 0.6 is 0 Å². The zero-order valence-electron chi connectivity index (χ0n) is 16.0. The Hall–Kier alpha value is -3.55. The van der Waals surface area contributed by atoms with E-state index in [1.54, 1.807) is 36.3 Å². The Morgan fingerprint density at radius 1 is 1.07 bits per heavy atom. The van der Waals surface area contributed by atoms with E-state index in [9.17, 15) is 9.59 Å². The van der Waals surface area contributed by atoms with Crippen molar-refractivity contribution in [3.63, 3.8) is 0 Å². The summed E-state index contributed by atoms with van der Waals surface area (Å²) in [6.45, 7) is 5.94. The van der Waals surface area contributed by atoms with Crippen LogP contribution in [0.4, 0.5) is 0 Å². The molecule has 0 aliphatic heterocycles. The molecule has 2 N–H and O–H groups in total. The highest BCUT2D eigenvalue weighted by molar-refractivity contribution is 5.97. The van der Waals surface area contributed by atoms with E-state index in [1.165, 1.54) is 0 Å². The number of likely N-dealkylation sites (N-methyl/N-ethyl adjacent to an activating group) is 1. The van der Waals surface area contributed by atoms with E-state index in [0.29, 0.717) is 12.1 Å². The fourth-order valence-electron chi connectivity index (χ4n) is 2.79.